The first-order chi connectivity index (χ1) is 10.7. The van der Waals surface area contributed by atoms with Crippen molar-refractivity contribution in [2.75, 3.05) is 26.1 Å². The van der Waals surface area contributed by atoms with Gasteiger partial charge in [-0.15, -0.1) is 4.99 Å². The summed E-state index contributed by atoms with van der Waals surface area (Å²) in [7, 11) is 1.24. The predicted molar refractivity (Wildman–Crippen MR) is 92.7 cm³/mol. The molecule has 7 heteroatoms. The molecule has 1 atom stereocenters. The molecular formula is C16H29NO5S. The van der Waals surface area contributed by atoms with Crippen LogP contribution in [0.5, 0.6) is 0 Å². The van der Waals surface area contributed by atoms with Gasteiger partial charge in [0.25, 0.3) is 5.23 Å². The topological polar surface area (TPSA) is 74.2 Å². The number of ether oxygens (including phenoxy) is 3. The minimum atomic E-state index is -0.751. The molecule has 0 fully saturated rings. The van der Waals surface area contributed by atoms with Crippen LogP contribution in [0.25, 0.3) is 0 Å². The number of hydrogen-bond acceptors (Lipinski definition) is 6. The largest absolute Gasteiger partial charge is 0.473 e. The van der Waals surface area contributed by atoms with Gasteiger partial charge in [0.2, 0.25) is 0 Å². The third kappa shape index (κ3) is 12.9. The highest BCUT2D eigenvalue weighted by atomic mass is 32.2. The SMILES string of the molecule is CCOC(=O)CS/C(=N/C(=O)OC)OCCC(C)CC(C)(C)C. The number of carbonyl (C=O) groups excluding carboxylic acids is 2. The summed E-state index contributed by atoms with van der Waals surface area (Å²) in [6.45, 7) is 11.2. The van der Waals surface area contributed by atoms with Gasteiger partial charge in [-0.3, -0.25) is 4.79 Å². The lowest BCUT2D eigenvalue weighted by molar-refractivity contribution is -0.139. The van der Waals surface area contributed by atoms with Crippen molar-refractivity contribution in [1.29, 1.82) is 0 Å². The van der Waals surface area contributed by atoms with E-state index >= 15 is 0 Å². The summed E-state index contributed by atoms with van der Waals surface area (Å²) in [5.74, 6) is 0.158. The van der Waals surface area contributed by atoms with E-state index in [4.69, 9.17) is 9.47 Å². The lowest BCUT2D eigenvalue weighted by atomic mass is 9.84. The van der Waals surface area contributed by atoms with Gasteiger partial charge in [-0.2, -0.15) is 0 Å². The van der Waals surface area contributed by atoms with Gasteiger partial charge in [0.05, 0.1) is 20.3 Å². The van der Waals surface area contributed by atoms with Gasteiger partial charge >= 0.3 is 12.1 Å². The fourth-order valence-corrected chi connectivity index (χ4v) is 2.67. The Kier molecular flexibility index (Phi) is 10.7. The molecule has 134 valence electrons. The Balaban J connectivity index is 4.40. The summed E-state index contributed by atoms with van der Waals surface area (Å²) in [6.07, 6.45) is 1.17. The molecule has 1 amide bonds. The summed E-state index contributed by atoms with van der Waals surface area (Å²) in [4.78, 5) is 26.3. The molecule has 0 bridgehead atoms. The van der Waals surface area contributed by atoms with E-state index in [9.17, 15) is 9.59 Å². The molecule has 0 aliphatic heterocycles. The first-order valence-electron chi connectivity index (χ1n) is 7.75. The van der Waals surface area contributed by atoms with Crippen LogP contribution in [0.4, 0.5) is 4.79 Å². The highest BCUT2D eigenvalue weighted by Gasteiger charge is 2.16. The van der Waals surface area contributed by atoms with E-state index in [-0.39, 0.29) is 22.4 Å². The number of thioether (sulfide) groups is 1. The third-order valence-electron chi connectivity index (χ3n) is 2.77. The lowest BCUT2D eigenvalue weighted by Crippen LogP contribution is -2.15. The summed E-state index contributed by atoms with van der Waals surface area (Å²) in [6, 6.07) is 0. The molecule has 0 aliphatic rings. The maximum Gasteiger partial charge on any atom is 0.437 e. The second kappa shape index (κ2) is 11.3. The van der Waals surface area contributed by atoms with E-state index in [2.05, 4.69) is 37.4 Å². The van der Waals surface area contributed by atoms with Crippen LogP contribution in [-0.4, -0.2) is 43.4 Å². The molecule has 1 unspecified atom stereocenters. The third-order valence-corrected chi connectivity index (χ3v) is 3.61. The Morgan fingerprint density at radius 1 is 1.22 bits per heavy atom. The molecule has 0 aromatic rings. The van der Waals surface area contributed by atoms with Crippen LogP contribution in [0, 0.1) is 11.3 Å². The Morgan fingerprint density at radius 3 is 2.39 bits per heavy atom. The molecule has 23 heavy (non-hydrogen) atoms. The fourth-order valence-electron chi connectivity index (χ4n) is 2.04. The van der Waals surface area contributed by atoms with Crippen molar-refractivity contribution in [2.24, 2.45) is 16.3 Å². The monoisotopic (exact) mass is 347 g/mol. The zero-order chi connectivity index (χ0) is 17.9. The highest BCUT2D eigenvalue weighted by molar-refractivity contribution is 8.14. The van der Waals surface area contributed by atoms with Crippen molar-refractivity contribution in [3.63, 3.8) is 0 Å². The second-order valence-electron chi connectivity index (χ2n) is 6.45. The molecule has 6 nitrogen and oxygen atoms in total. The number of nitrogens with zero attached hydrogens (tertiary/aromatic N) is 1. The molecule has 0 aromatic carbocycles. The van der Waals surface area contributed by atoms with Crippen LogP contribution in [-0.2, 0) is 19.0 Å². The molecule has 0 radical (unpaired) electrons. The van der Waals surface area contributed by atoms with Crippen molar-refractivity contribution in [3.8, 4) is 0 Å². The Bertz CT molecular complexity index is 404. The minimum absolute atomic E-state index is 0.0429. The number of esters is 1. The van der Waals surface area contributed by atoms with Crippen LogP contribution >= 0.6 is 11.8 Å². The average Bonchev–Trinajstić information content (AvgIpc) is 2.42. The normalized spacial score (nSPS) is 13.4. The molecule has 0 N–H and O–H groups in total. The van der Waals surface area contributed by atoms with Gasteiger partial charge in [-0.1, -0.05) is 39.5 Å². The van der Waals surface area contributed by atoms with Gasteiger partial charge in [-0.25, -0.2) is 4.79 Å². The van der Waals surface area contributed by atoms with Crippen molar-refractivity contribution in [1.82, 2.24) is 0 Å². The fraction of sp³-hybridized carbons (Fsp3) is 0.812. The first kappa shape index (κ1) is 21.8. The average molecular weight is 347 g/mol. The summed E-state index contributed by atoms with van der Waals surface area (Å²) in [5, 5.41) is 0.132. The van der Waals surface area contributed by atoms with E-state index in [0.717, 1.165) is 24.6 Å². The van der Waals surface area contributed by atoms with Crippen molar-refractivity contribution in [2.45, 2.75) is 47.5 Å². The minimum Gasteiger partial charge on any atom is -0.473 e. The van der Waals surface area contributed by atoms with E-state index in [0.29, 0.717) is 19.1 Å². The summed E-state index contributed by atoms with van der Waals surface area (Å²) < 4.78 is 14.9. The van der Waals surface area contributed by atoms with E-state index in [1.54, 1.807) is 6.92 Å². The maximum absolute atomic E-state index is 11.4. The quantitative estimate of drug-likeness (QED) is 0.395. The van der Waals surface area contributed by atoms with Crippen molar-refractivity contribution < 1.29 is 23.8 Å². The molecule has 0 saturated heterocycles. The number of amides is 1. The maximum atomic E-state index is 11.4. The van der Waals surface area contributed by atoms with Gasteiger partial charge in [0, 0.05) is 0 Å². The Hall–Kier alpha value is -1.24. The van der Waals surface area contributed by atoms with Gasteiger partial charge < -0.3 is 14.2 Å². The summed E-state index contributed by atoms with van der Waals surface area (Å²) >= 11 is 1.03. The number of aliphatic imine (C=N–C) groups is 1. The zero-order valence-corrected chi connectivity index (χ0v) is 15.8. The molecule has 0 aliphatic carbocycles. The Labute approximate surface area is 143 Å². The number of rotatable bonds is 7. The smallest absolute Gasteiger partial charge is 0.437 e. The highest BCUT2D eigenvalue weighted by Crippen LogP contribution is 2.26. The van der Waals surface area contributed by atoms with Crippen molar-refractivity contribution in [3.05, 3.63) is 0 Å². The van der Waals surface area contributed by atoms with Crippen LogP contribution < -0.4 is 0 Å². The molecule has 0 saturated carbocycles. The lowest BCUT2D eigenvalue weighted by Gasteiger charge is -2.23. The molecule has 0 spiro atoms. The molecular weight excluding hydrogens is 318 g/mol. The zero-order valence-electron chi connectivity index (χ0n) is 15.0. The first-order valence-corrected chi connectivity index (χ1v) is 8.74. The van der Waals surface area contributed by atoms with Crippen LogP contribution in [0.15, 0.2) is 4.99 Å². The van der Waals surface area contributed by atoms with Crippen molar-refractivity contribution >= 4 is 29.1 Å². The van der Waals surface area contributed by atoms with Crippen LogP contribution in [0.3, 0.4) is 0 Å². The molecule has 0 rings (SSSR count). The predicted octanol–water partition coefficient (Wildman–Crippen LogP) is 3.88. The van der Waals surface area contributed by atoms with Crippen LogP contribution in [0.1, 0.15) is 47.5 Å². The van der Waals surface area contributed by atoms with Gasteiger partial charge in [0.15, 0.2) is 0 Å². The Morgan fingerprint density at radius 2 is 1.87 bits per heavy atom. The summed E-state index contributed by atoms with van der Waals surface area (Å²) in [5.41, 5.74) is 0.265. The van der Waals surface area contributed by atoms with Gasteiger partial charge in [-0.05, 0) is 31.1 Å². The van der Waals surface area contributed by atoms with E-state index < -0.39 is 6.09 Å². The number of carbonyl (C=O) groups is 2. The van der Waals surface area contributed by atoms with E-state index in [1.165, 1.54) is 7.11 Å². The number of hydrogen-bond donors (Lipinski definition) is 0. The number of methoxy groups -OCH3 is 1. The van der Waals surface area contributed by atoms with Gasteiger partial charge in [0.1, 0.15) is 5.75 Å². The van der Waals surface area contributed by atoms with Crippen LogP contribution in [0.2, 0.25) is 0 Å². The second-order valence-corrected chi connectivity index (χ2v) is 7.38. The molecule has 0 aromatic heterocycles. The molecule has 0 heterocycles. The van der Waals surface area contributed by atoms with E-state index in [1.807, 2.05) is 0 Å². The standard InChI is InChI=1S/C16H29NO5S/c1-7-21-13(18)11-23-15(17-14(19)20-6)22-9-8-12(2)10-16(3,4)5/h12H,7-11H2,1-6H3/b17-15+.